The Bertz CT molecular complexity index is 1550. The fraction of sp³-hybridized carbons (Fsp3) is 0.517. The summed E-state index contributed by atoms with van der Waals surface area (Å²) in [7, 11) is 0. The molecule has 0 aliphatic carbocycles. The van der Waals surface area contributed by atoms with Crippen LogP contribution in [0.5, 0.6) is 0 Å². The van der Waals surface area contributed by atoms with Crippen molar-refractivity contribution in [2.24, 2.45) is 5.92 Å². The molecule has 4 rings (SSSR count). The third-order valence-corrected chi connectivity index (χ3v) is 7.74. The van der Waals surface area contributed by atoms with Gasteiger partial charge in [-0.25, -0.2) is 9.48 Å². The number of benzene rings is 1. The topological polar surface area (TPSA) is 163 Å². The third-order valence-electron chi connectivity index (χ3n) is 7.74. The predicted molar refractivity (Wildman–Crippen MR) is 157 cm³/mol. The van der Waals surface area contributed by atoms with Gasteiger partial charge in [-0.2, -0.15) is 13.9 Å². The monoisotopic (exact) mass is 616 g/mol. The molecule has 1 aliphatic rings. The number of halogens is 2. The van der Waals surface area contributed by atoms with Gasteiger partial charge in [-0.1, -0.05) is 20.3 Å². The van der Waals surface area contributed by atoms with Crippen LogP contribution in [0.1, 0.15) is 73.3 Å². The van der Waals surface area contributed by atoms with Gasteiger partial charge in [-0.3, -0.25) is 23.7 Å². The van der Waals surface area contributed by atoms with E-state index in [1.165, 1.54) is 15.5 Å². The lowest BCUT2D eigenvalue weighted by Crippen LogP contribution is -2.50. The first-order chi connectivity index (χ1) is 21.1. The van der Waals surface area contributed by atoms with Gasteiger partial charge < -0.3 is 25.8 Å². The number of aryl methyl sites for hydroxylation is 1. The minimum Gasteiger partial charge on any atom is -0.354 e. The molecule has 4 amide bonds. The number of imidazole rings is 1. The van der Waals surface area contributed by atoms with Crippen LogP contribution in [0.3, 0.4) is 0 Å². The van der Waals surface area contributed by atoms with Crippen LogP contribution in [-0.2, 0) is 16.1 Å². The second kappa shape index (κ2) is 14.8. The lowest BCUT2D eigenvalue weighted by molar-refractivity contribution is -0.130. The zero-order chi connectivity index (χ0) is 31.8. The highest BCUT2D eigenvalue weighted by atomic mass is 19.3. The number of nitrogens with zero attached hydrogens (tertiary/aromatic N) is 4. The Balaban J connectivity index is 1.55. The third kappa shape index (κ3) is 7.88. The van der Waals surface area contributed by atoms with E-state index in [1.54, 1.807) is 18.2 Å². The number of amides is 4. The Labute approximate surface area is 252 Å². The first-order valence-corrected chi connectivity index (χ1v) is 14.8. The normalized spacial score (nSPS) is 18.9. The van der Waals surface area contributed by atoms with Crippen LogP contribution in [0, 0.1) is 5.92 Å². The molecule has 1 aromatic carbocycles. The molecular formula is C29H38F2N8O5. The molecule has 2 atom stereocenters. The van der Waals surface area contributed by atoms with Gasteiger partial charge in [-0.15, -0.1) is 0 Å². The second-order valence-corrected chi connectivity index (χ2v) is 10.9. The van der Waals surface area contributed by atoms with Crippen molar-refractivity contribution in [3.8, 4) is 0 Å². The van der Waals surface area contributed by atoms with Crippen LogP contribution < -0.4 is 21.6 Å². The molecular weight excluding hydrogens is 578 g/mol. The van der Waals surface area contributed by atoms with Crippen LogP contribution in [0.4, 0.5) is 8.78 Å². The fourth-order valence-corrected chi connectivity index (χ4v) is 5.06. The molecule has 0 saturated carbocycles. The molecule has 44 heavy (non-hydrogen) atoms. The van der Waals surface area contributed by atoms with Gasteiger partial charge in [0.25, 0.3) is 11.8 Å². The Hall–Kier alpha value is -4.56. The minimum atomic E-state index is -2.90. The summed E-state index contributed by atoms with van der Waals surface area (Å²) in [5.74, 6) is -1.80. The fourth-order valence-electron chi connectivity index (χ4n) is 5.06. The van der Waals surface area contributed by atoms with E-state index in [1.807, 2.05) is 13.8 Å². The molecule has 0 radical (unpaired) electrons. The lowest BCUT2D eigenvalue weighted by Gasteiger charge is -2.24. The molecule has 0 unspecified atom stereocenters. The number of H-pyrrole nitrogens is 1. The molecule has 0 saturated heterocycles. The van der Waals surface area contributed by atoms with Gasteiger partial charge in [0.15, 0.2) is 5.69 Å². The SMILES string of the molecule is CC[C@H](C)[C@@H]1NC(=O)CCCN(C(=O)c2ccn(C(F)F)n2)CCCNC(=O)c2ccc3[nH]c(=O)n(c3c2)CCCNC1=O. The highest BCUT2D eigenvalue weighted by molar-refractivity contribution is 5.97. The molecule has 13 nitrogen and oxygen atoms in total. The van der Waals surface area contributed by atoms with Gasteiger partial charge in [0.1, 0.15) is 6.04 Å². The summed E-state index contributed by atoms with van der Waals surface area (Å²) in [4.78, 5) is 68.8. The van der Waals surface area contributed by atoms with E-state index in [-0.39, 0.29) is 74.0 Å². The summed E-state index contributed by atoms with van der Waals surface area (Å²) >= 11 is 0. The first-order valence-electron chi connectivity index (χ1n) is 14.8. The Morgan fingerprint density at radius 1 is 1.02 bits per heavy atom. The van der Waals surface area contributed by atoms with E-state index in [9.17, 15) is 32.8 Å². The number of hydrogen-bond donors (Lipinski definition) is 4. The van der Waals surface area contributed by atoms with Crippen molar-refractivity contribution in [3.63, 3.8) is 0 Å². The van der Waals surface area contributed by atoms with Gasteiger partial charge in [0.05, 0.1) is 11.0 Å². The average molecular weight is 617 g/mol. The molecule has 0 spiro atoms. The average Bonchev–Trinajstić information content (AvgIpc) is 3.62. The maximum Gasteiger partial charge on any atom is 0.333 e. The van der Waals surface area contributed by atoms with Crippen LogP contribution in [-0.4, -0.2) is 80.1 Å². The van der Waals surface area contributed by atoms with Crippen molar-refractivity contribution < 1.29 is 28.0 Å². The Morgan fingerprint density at radius 3 is 2.48 bits per heavy atom. The molecule has 15 heteroatoms. The molecule has 1 aliphatic heterocycles. The largest absolute Gasteiger partial charge is 0.354 e. The predicted octanol–water partition coefficient (Wildman–Crippen LogP) is 2.01. The number of fused-ring (bicyclic) bond motifs is 1. The van der Waals surface area contributed by atoms with E-state index in [2.05, 4.69) is 26.0 Å². The van der Waals surface area contributed by atoms with E-state index in [4.69, 9.17) is 0 Å². The molecule has 2 aromatic heterocycles. The van der Waals surface area contributed by atoms with Crippen molar-refractivity contribution in [3.05, 3.63) is 52.2 Å². The summed E-state index contributed by atoms with van der Waals surface area (Å²) in [6.07, 6.45) is 2.71. The number of nitrogens with one attached hydrogen (secondary N) is 4. The number of rotatable bonds is 4. The zero-order valence-electron chi connectivity index (χ0n) is 24.8. The summed E-state index contributed by atoms with van der Waals surface area (Å²) < 4.78 is 28.0. The summed E-state index contributed by atoms with van der Waals surface area (Å²) in [6.45, 7) is 1.94. The number of carbonyl (C=O) groups is 4. The number of aromatic nitrogens is 4. The first kappa shape index (κ1) is 32.4. The lowest BCUT2D eigenvalue weighted by atomic mass is 9.98. The molecule has 3 aromatic rings. The van der Waals surface area contributed by atoms with Gasteiger partial charge in [0, 0.05) is 50.9 Å². The van der Waals surface area contributed by atoms with Gasteiger partial charge in [-0.05, 0) is 49.4 Å². The van der Waals surface area contributed by atoms with Crippen molar-refractivity contribution in [1.29, 1.82) is 0 Å². The maximum absolute atomic E-state index is 13.2. The quantitative estimate of drug-likeness (QED) is 0.351. The van der Waals surface area contributed by atoms with Crippen molar-refractivity contribution in [1.82, 2.24) is 40.2 Å². The smallest absolute Gasteiger partial charge is 0.333 e. The standard InChI is InChI=1S/C29H38F2N8O5/c1-3-18(2)24-26(42)33-12-6-15-38-22-17-19(8-9-20(22)34-29(38)44)25(41)32-11-5-14-37(13-4-7-23(40)35-24)27(43)21-10-16-39(36-21)28(30)31/h8-10,16-18,24,28H,3-7,11-15H2,1-2H3,(H,32,41)(H,33,42)(H,34,44)(H,35,40)/t18-,24-/m0/s1. The van der Waals surface area contributed by atoms with Crippen LogP contribution in [0.2, 0.25) is 0 Å². The highest BCUT2D eigenvalue weighted by Gasteiger charge is 2.26. The van der Waals surface area contributed by atoms with E-state index in [0.29, 0.717) is 47.1 Å². The molecule has 3 heterocycles. The zero-order valence-corrected chi connectivity index (χ0v) is 24.8. The van der Waals surface area contributed by atoms with E-state index >= 15 is 0 Å². The van der Waals surface area contributed by atoms with Gasteiger partial charge in [0.2, 0.25) is 11.8 Å². The van der Waals surface area contributed by atoms with E-state index in [0.717, 1.165) is 6.20 Å². The summed E-state index contributed by atoms with van der Waals surface area (Å²) in [5, 5.41) is 12.1. The molecule has 238 valence electrons. The Kier molecular flexibility index (Phi) is 10.8. The van der Waals surface area contributed by atoms with Crippen LogP contribution in [0.25, 0.3) is 11.0 Å². The molecule has 4 N–H and O–H groups in total. The van der Waals surface area contributed by atoms with Crippen molar-refractivity contribution in [2.45, 2.75) is 65.1 Å². The maximum atomic E-state index is 13.2. The van der Waals surface area contributed by atoms with Crippen molar-refractivity contribution >= 4 is 34.7 Å². The number of carbonyl (C=O) groups excluding carboxylic acids is 4. The molecule has 0 fully saturated rings. The second-order valence-electron chi connectivity index (χ2n) is 10.9. The number of hydrogen-bond acceptors (Lipinski definition) is 6. The number of alkyl halides is 2. The molecule has 2 bridgehead atoms. The van der Waals surface area contributed by atoms with Crippen molar-refractivity contribution in [2.75, 3.05) is 26.2 Å². The van der Waals surface area contributed by atoms with Crippen LogP contribution in [0.15, 0.2) is 35.3 Å². The number of aromatic amines is 1. The minimum absolute atomic E-state index is 0.0220. The summed E-state index contributed by atoms with van der Waals surface area (Å²) in [6, 6.07) is 5.30. The van der Waals surface area contributed by atoms with E-state index < -0.39 is 18.5 Å². The van der Waals surface area contributed by atoms with Crippen LogP contribution >= 0.6 is 0 Å². The Morgan fingerprint density at radius 2 is 1.75 bits per heavy atom. The summed E-state index contributed by atoms with van der Waals surface area (Å²) in [5.41, 5.74) is 0.955. The van der Waals surface area contributed by atoms with Gasteiger partial charge >= 0.3 is 12.2 Å². The highest BCUT2D eigenvalue weighted by Crippen LogP contribution is 2.15.